The Morgan fingerprint density at radius 2 is 1.70 bits per heavy atom. The molecule has 27 heavy (non-hydrogen) atoms. The number of rotatable bonds is 5. The predicted molar refractivity (Wildman–Crippen MR) is 115 cm³/mol. The molecule has 0 amide bonds. The van der Waals surface area contributed by atoms with Gasteiger partial charge in [-0.05, 0) is 91.2 Å². The van der Waals surface area contributed by atoms with Gasteiger partial charge >= 0.3 is 0 Å². The molecule has 2 aliphatic carbocycles. The van der Waals surface area contributed by atoms with Crippen LogP contribution in [0.4, 0.5) is 0 Å². The van der Waals surface area contributed by atoms with Crippen molar-refractivity contribution in [2.45, 2.75) is 64.7 Å². The Morgan fingerprint density at radius 1 is 0.926 bits per heavy atom. The second-order valence-electron chi connectivity index (χ2n) is 8.77. The molecule has 4 rings (SSSR count). The minimum absolute atomic E-state index is 0.642. The fraction of sp³-hybridized carbons (Fsp3) is 0.538. The minimum Gasteiger partial charge on any atom is -0.490 e. The van der Waals surface area contributed by atoms with E-state index in [1.807, 2.05) is 19.1 Å². The maximum Gasteiger partial charge on any atom is 0.120 e. The summed E-state index contributed by atoms with van der Waals surface area (Å²) in [5.74, 6) is 4.72. The molecule has 2 aromatic rings. The van der Waals surface area contributed by atoms with Crippen molar-refractivity contribution in [3.8, 4) is 5.75 Å². The molecule has 2 fully saturated rings. The summed E-state index contributed by atoms with van der Waals surface area (Å²) in [5, 5.41) is 2.64. The van der Waals surface area contributed by atoms with Crippen LogP contribution < -0.4 is 4.74 Å². The van der Waals surface area contributed by atoms with Gasteiger partial charge in [-0.15, -0.1) is 0 Å². The van der Waals surface area contributed by atoms with Gasteiger partial charge in [-0.2, -0.15) is 0 Å². The lowest BCUT2D eigenvalue weighted by Crippen LogP contribution is -2.30. The third-order valence-corrected chi connectivity index (χ3v) is 7.19. The fourth-order valence-electron chi connectivity index (χ4n) is 5.49. The van der Waals surface area contributed by atoms with Crippen molar-refractivity contribution in [3.63, 3.8) is 0 Å². The third kappa shape index (κ3) is 4.23. The van der Waals surface area contributed by atoms with Crippen molar-refractivity contribution < 1.29 is 4.74 Å². The molecule has 0 N–H and O–H groups in total. The van der Waals surface area contributed by atoms with E-state index in [-0.39, 0.29) is 0 Å². The number of ether oxygens (including phenoxy) is 1. The molecule has 0 aliphatic heterocycles. The van der Waals surface area contributed by atoms with Crippen LogP contribution in [0.25, 0.3) is 10.8 Å². The monoisotopic (exact) mass is 362 g/mol. The second-order valence-corrected chi connectivity index (χ2v) is 8.77. The smallest absolute Gasteiger partial charge is 0.120 e. The SMILES string of the molecule is CC=CCOc1ccc2cc(C3CCC4CC(CC)CCC4C3)ccc2c1. The van der Waals surface area contributed by atoms with Crippen LogP contribution in [0.3, 0.4) is 0 Å². The van der Waals surface area contributed by atoms with Crippen LogP contribution in [0.2, 0.25) is 0 Å². The molecule has 2 saturated carbocycles. The van der Waals surface area contributed by atoms with Crippen LogP contribution in [-0.2, 0) is 0 Å². The topological polar surface area (TPSA) is 9.23 Å². The first-order chi connectivity index (χ1) is 13.3. The van der Waals surface area contributed by atoms with Gasteiger partial charge in [-0.1, -0.05) is 56.2 Å². The van der Waals surface area contributed by atoms with Crippen LogP contribution >= 0.6 is 0 Å². The molecule has 1 nitrogen and oxygen atoms in total. The molecule has 0 saturated heterocycles. The normalized spacial score (nSPS) is 28.4. The van der Waals surface area contributed by atoms with Crippen molar-refractivity contribution in [3.05, 3.63) is 54.1 Å². The highest BCUT2D eigenvalue weighted by atomic mass is 16.5. The second kappa shape index (κ2) is 8.50. The van der Waals surface area contributed by atoms with Crippen molar-refractivity contribution in [1.29, 1.82) is 0 Å². The molecular formula is C26H34O. The number of allylic oxidation sites excluding steroid dienone is 1. The quantitative estimate of drug-likeness (QED) is 0.500. The number of fused-ring (bicyclic) bond motifs is 2. The van der Waals surface area contributed by atoms with Gasteiger partial charge in [0, 0.05) is 0 Å². The van der Waals surface area contributed by atoms with Gasteiger partial charge in [0.05, 0.1) is 0 Å². The number of benzene rings is 2. The summed E-state index contributed by atoms with van der Waals surface area (Å²) in [6.07, 6.45) is 14.1. The lowest BCUT2D eigenvalue weighted by molar-refractivity contribution is 0.116. The Bertz CT molecular complexity index is 790. The summed E-state index contributed by atoms with van der Waals surface area (Å²) in [6.45, 7) is 5.04. The van der Waals surface area contributed by atoms with E-state index in [1.165, 1.54) is 55.7 Å². The van der Waals surface area contributed by atoms with E-state index in [2.05, 4.69) is 43.3 Å². The summed E-state index contributed by atoms with van der Waals surface area (Å²) < 4.78 is 5.79. The Hall–Kier alpha value is -1.76. The molecule has 2 aliphatic rings. The molecule has 0 radical (unpaired) electrons. The van der Waals surface area contributed by atoms with Gasteiger partial charge in [-0.25, -0.2) is 0 Å². The van der Waals surface area contributed by atoms with Crippen LogP contribution in [0, 0.1) is 17.8 Å². The lowest BCUT2D eigenvalue weighted by atomic mass is 9.63. The Morgan fingerprint density at radius 3 is 2.56 bits per heavy atom. The van der Waals surface area contributed by atoms with Crippen molar-refractivity contribution in [2.75, 3.05) is 6.61 Å². The highest BCUT2D eigenvalue weighted by Crippen LogP contribution is 2.48. The van der Waals surface area contributed by atoms with Gasteiger partial charge in [0.25, 0.3) is 0 Å². The van der Waals surface area contributed by atoms with E-state index in [0.717, 1.165) is 29.4 Å². The van der Waals surface area contributed by atoms with Crippen molar-refractivity contribution >= 4 is 10.8 Å². The van der Waals surface area contributed by atoms with Crippen LogP contribution in [0.5, 0.6) is 5.75 Å². The first kappa shape index (κ1) is 18.6. The lowest BCUT2D eigenvalue weighted by Gasteiger charge is -2.42. The summed E-state index contributed by atoms with van der Waals surface area (Å²) in [6, 6.07) is 13.6. The van der Waals surface area contributed by atoms with E-state index in [1.54, 1.807) is 5.56 Å². The molecule has 0 spiro atoms. The van der Waals surface area contributed by atoms with Crippen molar-refractivity contribution in [2.24, 2.45) is 17.8 Å². The van der Waals surface area contributed by atoms with E-state index < -0.39 is 0 Å². The average molecular weight is 363 g/mol. The highest BCUT2D eigenvalue weighted by molar-refractivity contribution is 5.84. The summed E-state index contributed by atoms with van der Waals surface area (Å²) in [5.41, 5.74) is 1.56. The van der Waals surface area contributed by atoms with E-state index in [9.17, 15) is 0 Å². The zero-order valence-corrected chi connectivity index (χ0v) is 17.0. The molecular weight excluding hydrogens is 328 g/mol. The third-order valence-electron chi connectivity index (χ3n) is 7.19. The standard InChI is InChI=1S/C26H34O/c1-3-5-14-27-26-13-12-24-17-23(10-11-25(24)18-26)22-9-8-20-15-19(4-2)6-7-21(20)16-22/h3,5,10-13,17-22H,4,6-9,14-16H2,1-2H3. The summed E-state index contributed by atoms with van der Waals surface area (Å²) in [4.78, 5) is 0. The molecule has 2 aromatic carbocycles. The van der Waals surface area contributed by atoms with Crippen molar-refractivity contribution in [1.82, 2.24) is 0 Å². The van der Waals surface area contributed by atoms with E-state index >= 15 is 0 Å². The number of hydrogen-bond acceptors (Lipinski definition) is 1. The van der Waals surface area contributed by atoms with E-state index in [4.69, 9.17) is 4.74 Å². The van der Waals surface area contributed by atoms with Gasteiger partial charge in [0.15, 0.2) is 0 Å². The Balaban J connectivity index is 1.45. The first-order valence-electron chi connectivity index (χ1n) is 11.0. The molecule has 144 valence electrons. The molecule has 0 heterocycles. The average Bonchev–Trinajstić information content (AvgIpc) is 2.72. The molecule has 0 aromatic heterocycles. The maximum absolute atomic E-state index is 5.79. The molecule has 4 atom stereocenters. The molecule has 4 unspecified atom stereocenters. The number of hydrogen-bond donors (Lipinski definition) is 0. The molecule has 1 heteroatoms. The Kier molecular flexibility index (Phi) is 5.86. The van der Waals surface area contributed by atoms with E-state index in [0.29, 0.717) is 6.61 Å². The largest absolute Gasteiger partial charge is 0.490 e. The zero-order valence-electron chi connectivity index (χ0n) is 17.0. The summed E-state index contributed by atoms with van der Waals surface area (Å²) in [7, 11) is 0. The fourth-order valence-corrected chi connectivity index (χ4v) is 5.49. The van der Waals surface area contributed by atoms with Gasteiger partial charge in [0.2, 0.25) is 0 Å². The van der Waals surface area contributed by atoms with Crippen LogP contribution in [0.1, 0.15) is 70.3 Å². The molecule has 0 bridgehead atoms. The first-order valence-corrected chi connectivity index (χ1v) is 11.0. The van der Waals surface area contributed by atoms with Gasteiger partial charge in [-0.3, -0.25) is 0 Å². The van der Waals surface area contributed by atoms with Gasteiger partial charge < -0.3 is 4.74 Å². The van der Waals surface area contributed by atoms with Gasteiger partial charge in [0.1, 0.15) is 12.4 Å². The Labute approximate surface area is 164 Å². The van der Waals surface area contributed by atoms with Crippen LogP contribution in [0.15, 0.2) is 48.6 Å². The summed E-state index contributed by atoms with van der Waals surface area (Å²) >= 11 is 0. The maximum atomic E-state index is 5.79. The highest BCUT2D eigenvalue weighted by Gasteiger charge is 2.35. The zero-order chi connectivity index (χ0) is 18.6. The predicted octanol–water partition coefficient (Wildman–Crippen LogP) is 7.50. The minimum atomic E-state index is 0.642. The van der Waals surface area contributed by atoms with Crippen LogP contribution in [-0.4, -0.2) is 6.61 Å².